The van der Waals surface area contributed by atoms with E-state index in [4.69, 9.17) is 11.6 Å². The van der Waals surface area contributed by atoms with Crippen molar-refractivity contribution >= 4 is 11.6 Å². The molecule has 70 valence electrons. The average Bonchev–Trinajstić information content (AvgIpc) is 2.11. The highest BCUT2D eigenvalue weighted by Gasteiger charge is 2.17. The Labute approximate surface area is 80.7 Å². The molecule has 1 unspecified atom stereocenters. The van der Waals surface area contributed by atoms with Gasteiger partial charge in [-0.25, -0.2) is 4.39 Å². The number of benzene rings is 1. The van der Waals surface area contributed by atoms with Crippen LogP contribution in [0.4, 0.5) is 4.39 Å². The van der Waals surface area contributed by atoms with Crippen molar-refractivity contribution in [3.63, 3.8) is 0 Å². The molecule has 0 aliphatic rings. The molecule has 0 aliphatic carbocycles. The molecule has 0 heterocycles. The summed E-state index contributed by atoms with van der Waals surface area (Å²) in [4.78, 5) is 10.4. The number of nitrogens with zero attached hydrogens (tertiary/aromatic N) is 1. The van der Waals surface area contributed by atoms with E-state index in [9.17, 15) is 9.30 Å². The number of hydrogen-bond donors (Lipinski definition) is 0. The minimum Gasteiger partial charge on any atom is -0.207 e. The van der Waals surface area contributed by atoms with E-state index < -0.39 is 11.9 Å². The first-order chi connectivity index (χ1) is 6.20. The molecule has 4 heteroatoms. The maximum atomic E-state index is 13.2. The summed E-state index contributed by atoms with van der Waals surface area (Å²) in [7, 11) is 0. The molecule has 0 bridgehead atoms. The molecule has 0 radical (unpaired) electrons. The van der Waals surface area contributed by atoms with Crippen molar-refractivity contribution in [3.05, 3.63) is 39.5 Å². The van der Waals surface area contributed by atoms with Crippen molar-refractivity contribution in [1.29, 1.82) is 0 Å². The van der Waals surface area contributed by atoms with Crippen LogP contribution in [0.25, 0.3) is 0 Å². The molecular formula is C9H9ClFNO. The lowest BCUT2D eigenvalue weighted by Crippen LogP contribution is -1.97. The standard InChI is InChI=1S/C9H9ClFNO/c1-2-8(12-13)9-6(10)4-3-5-7(9)11/h3-5,8H,2H2,1H3. The minimum absolute atomic E-state index is 0.196. The second-order valence-corrected chi connectivity index (χ2v) is 3.07. The molecule has 2 nitrogen and oxygen atoms in total. The molecule has 1 aromatic rings. The molecule has 0 aromatic heterocycles. The van der Waals surface area contributed by atoms with Crippen LogP contribution in [0, 0.1) is 10.7 Å². The summed E-state index contributed by atoms with van der Waals surface area (Å²) in [5, 5.41) is 3.08. The third-order valence-electron chi connectivity index (χ3n) is 1.85. The van der Waals surface area contributed by atoms with Gasteiger partial charge in [-0.3, -0.25) is 0 Å². The van der Waals surface area contributed by atoms with Gasteiger partial charge < -0.3 is 0 Å². The van der Waals surface area contributed by atoms with E-state index >= 15 is 0 Å². The zero-order valence-electron chi connectivity index (χ0n) is 7.13. The van der Waals surface area contributed by atoms with Gasteiger partial charge in [0, 0.05) is 10.6 Å². The second kappa shape index (κ2) is 4.33. The van der Waals surface area contributed by atoms with Crippen LogP contribution in [-0.4, -0.2) is 0 Å². The Bertz CT molecular complexity index is 296. The molecule has 0 spiro atoms. The van der Waals surface area contributed by atoms with E-state index in [1.54, 1.807) is 13.0 Å². The van der Waals surface area contributed by atoms with Crippen molar-refractivity contribution in [2.45, 2.75) is 19.4 Å². The summed E-state index contributed by atoms with van der Waals surface area (Å²) in [5.41, 5.74) is 0.196. The number of rotatable bonds is 3. The maximum Gasteiger partial charge on any atom is 0.130 e. The predicted molar refractivity (Wildman–Crippen MR) is 50.2 cm³/mol. The molecule has 0 amide bonds. The molecule has 0 N–H and O–H groups in total. The smallest absolute Gasteiger partial charge is 0.130 e. The maximum absolute atomic E-state index is 13.2. The first kappa shape index (κ1) is 10.1. The second-order valence-electron chi connectivity index (χ2n) is 2.66. The van der Waals surface area contributed by atoms with Gasteiger partial charge in [0.2, 0.25) is 0 Å². The molecular weight excluding hydrogens is 193 g/mol. The Hall–Kier alpha value is -0.960. The third-order valence-corrected chi connectivity index (χ3v) is 2.18. The summed E-state index contributed by atoms with van der Waals surface area (Å²) >= 11 is 5.74. The zero-order chi connectivity index (χ0) is 9.84. The zero-order valence-corrected chi connectivity index (χ0v) is 7.88. The first-order valence-corrected chi connectivity index (χ1v) is 4.34. The highest BCUT2D eigenvalue weighted by molar-refractivity contribution is 6.31. The van der Waals surface area contributed by atoms with Crippen molar-refractivity contribution in [2.24, 2.45) is 5.18 Å². The molecule has 0 saturated carbocycles. The van der Waals surface area contributed by atoms with Crippen LogP contribution in [0.2, 0.25) is 5.02 Å². The van der Waals surface area contributed by atoms with Crippen LogP contribution in [0.3, 0.4) is 0 Å². The first-order valence-electron chi connectivity index (χ1n) is 3.97. The normalized spacial score (nSPS) is 12.5. The van der Waals surface area contributed by atoms with Gasteiger partial charge in [0.25, 0.3) is 0 Å². The van der Waals surface area contributed by atoms with Crippen LogP contribution >= 0.6 is 11.6 Å². The lowest BCUT2D eigenvalue weighted by Gasteiger charge is -2.09. The van der Waals surface area contributed by atoms with Crippen LogP contribution < -0.4 is 0 Å². The lowest BCUT2D eigenvalue weighted by molar-refractivity contribution is 0.575. The fraction of sp³-hybridized carbons (Fsp3) is 0.333. The van der Waals surface area contributed by atoms with Gasteiger partial charge in [-0.2, -0.15) is 4.91 Å². The van der Waals surface area contributed by atoms with E-state index in [1.807, 2.05) is 0 Å². The van der Waals surface area contributed by atoms with Gasteiger partial charge in [-0.1, -0.05) is 29.8 Å². The monoisotopic (exact) mass is 201 g/mol. The van der Waals surface area contributed by atoms with E-state index in [0.717, 1.165) is 0 Å². The van der Waals surface area contributed by atoms with Gasteiger partial charge in [0.15, 0.2) is 0 Å². The fourth-order valence-corrected chi connectivity index (χ4v) is 1.45. The van der Waals surface area contributed by atoms with Gasteiger partial charge in [-0.15, -0.1) is 0 Å². The van der Waals surface area contributed by atoms with Crippen molar-refractivity contribution in [1.82, 2.24) is 0 Å². The van der Waals surface area contributed by atoms with Crippen molar-refractivity contribution in [3.8, 4) is 0 Å². The van der Waals surface area contributed by atoms with E-state index in [1.165, 1.54) is 12.1 Å². The van der Waals surface area contributed by atoms with Gasteiger partial charge in [0.05, 0.1) is 0 Å². The summed E-state index contributed by atoms with van der Waals surface area (Å²) in [6, 6.07) is 3.63. The quantitative estimate of drug-likeness (QED) is 0.686. The van der Waals surface area contributed by atoms with Gasteiger partial charge >= 0.3 is 0 Å². The SMILES string of the molecule is CCC(N=O)c1c(F)cccc1Cl. The fourth-order valence-electron chi connectivity index (χ4n) is 1.16. The Kier molecular flexibility index (Phi) is 3.37. The van der Waals surface area contributed by atoms with Gasteiger partial charge in [0.1, 0.15) is 11.9 Å². The Morgan fingerprint density at radius 1 is 1.62 bits per heavy atom. The molecule has 1 rings (SSSR count). The molecule has 0 fully saturated rings. The summed E-state index contributed by atoms with van der Waals surface area (Å²) in [6.45, 7) is 1.76. The van der Waals surface area contributed by atoms with Crippen LogP contribution in [0.1, 0.15) is 24.9 Å². The Morgan fingerprint density at radius 2 is 2.31 bits per heavy atom. The number of nitroso groups, excluding NO2 is 1. The third kappa shape index (κ3) is 2.04. The van der Waals surface area contributed by atoms with E-state index in [-0.39, 0.29) is 10.6 Å². The summed E-state index contributed by atoms with van der Waals surface area (Å²) in [5.74, 6) is -0.473. The summed E-state index contributed by atoms with van der Waals surface area (Å²) in [6.07, 6.45) is 0.449. The van der Waals surface area contributed by atoms with E-state index in [2.05, 4.69) is 5.18 Å². The number of hydrogen-bond acceptors (Lipinski definition) is 2. The largest absolute Gasteiger partial charge is 0.207 e. The van der Waals surface area contributed by atoms with Crippen molar-refractivity contribution in [2.75, 3.05) is 0 Å². The Balaban J connectivity index is 3.17. The minimum atomic E-state index is -0.686. The highest BCUT2D eigenvalue weighted by Crippen LogP contribution is 2.30. The lowest BCUT2D eigenvalue weighted by atomic mass is 10.1. The predicted octanol–water partition coefficient (Wildman–Crippen LogP) is 3.70. The van der Waals surface area contributed by atoms with Crippen LogP contribution in [0.15, 0.2) is 23.4 Å². The molecule has 0 saturated heterocycles. The highest BCUT2D eigenvalue weighted by atomic mass is 35.5. The summed E-state index contributed by atoms with van der Waals surface area (Å²) < 4.78 is 13.2. The van der Waals surface area contributed by atoms with Gasteiger partial charge in [-0.05, 0) is 18.6 Å². The molecule has 1 atom stereocenters. The molecule has 13 heavy (non-hydrogen) atoms. The van der Waals surface area contributed by atoms with E-state index in [0.29, 0.717) is 6.42 Å². The Morgan fingerprint density at radius 3 is 2.77 bits per heavy atom. The topological polar surface area (TPSA) is 29.4 Å². The van der Waals surface area contributed by atoms with Crippen molar-refractivity contribution < 1.29 is 4.39 Å². The number of halogens is 2. The van der Waals surface area contributed by atoms with Crippen LogP contribution in [-0.2, 0) is 0 Å². The van der Waals surface area contributed by atoms with Crippen LogP contribution in [0.5, 0.6) is 0 Å². The molecule has 1 aromatic carbocycles. The average molecular weight is 202 g/mol. The molecule has 0 aliphatic heterocycles.